The van der Waals surface area contributed by atoms with Crippen molar-refractivity contribution in [2.75, 3.05) is 18.2 Å². The Morgan fingerprint density at radius 3 is 2.47 bits per heavy atom. The molecule has 0 aliphatic carbocycles. The van der Waals surface area contributed by atoms with Crippen molar-refractivity contribution in [2.45, 2.75) is 25.0 Å². The first kappa shape index (κ1) is 25.9. The zero-order valence-corrected chi connectivity index (χ0v) is 21.5. The summed E-state index contributed by atoms with van der Waals surface area (Å²) in [7, 11) is 3.38. The monoisotopic (exact) mass is 521 g/mol. The molecule has 0 aliphatic heterocycles. The average Bonchev–Trinajstić information content (AvgIpc) is 3.18. The zero-order valence-electron chi connectivity index (χ0n) is 19.1. The van der Waals surface area contributed by atoms with E-state index < -0.39 is 0 Å². The van der Waals surface area contributed by atoms with Gasteiger partial charge in [0.15, 0.2) is 11.0 Å². The Morgan fingerprint density at radius 1 is 1.12 bits per heavy atom. The second-order valence-corrected chi connectivity index (χ2v) is 9.57. The second kappa shape index (κ2) is 11.6. The van der Waals surface area contributed by atoms with Gasteiger partial charge >= 0.3 is 0 Å². The molecule has 11 heteroatoms. The maximum Gasteiger partial charge on any atom is 0.251 e. The van der Waals surface area contributed by atoms with Crippen LogP contribution in [0.4, 0.5) is 5.69 Å². The number of aromatic nitrogens is 3. The van der Waals surface area contributed by atoms with Crippen LogP contribution in [-0.4, -0.2) is 39.4 Å². The summed E-state index contributed by atoms with van der Waals surface area (Å²) in [5.74, 6) is 0.935. The number of carbonyl (C=O) groups is 2. The van der Waals surface area contributed by atoms with Crippen molar-refractivity contribution in [3.63, 3.8) is 0 Å². The molecule has 1 heterocycles. The first-order valence-electron chi connectivity index (χ1n) is 10.4. The minimum absolute atomic E-state index is 0.0521. The van der Waals surface area contributed by atoms with Crippen LogP contribution >= 0.6 is 35.0 Å². The van der Waals surface area contributed by atoms with Gasteiger partial charge in [-0.3, -0.25) is 9.59 Å². The fourth-order valence-electron chi connectivity index (χ4n) is 3.13. The molecule has 2 aromatic carbocycles. The van der Waals surface area contributed by atoms with Crippen molar-refractivity contribution in [3.05, 3.63) is 63.9 Å². The molecule has 0 saturated heterocycles. The van der Waals surface area contributed by atoms with Gasteiger partial charge in [-0.15, -0.1) is 10.2 Å². The lowest BCUT2D eigenvalue weighted by molar-refractivity contribution is -0.113. The molecule has 2 N–H and O–H groups in total. The number of hydrogen-bond acceptors (Lipinski definition) is 6. The summed E-state index contributed by atoms with van der Waals surface area (Å²) in [4.78, 5) is 25.2. The molecular weight excluding hydrogens is 497 g/mol. The van der Waals surface area contributed by atoms with E-state index in [4.69, 9.17) is 27.9 Å². The first-order valence-corrected chi connectivity index (χ1v) is 12.2. The van der Waals surface area contributed by atoms with Gasteiger partial charge in [0.05, 0.1) is 29.6 Å². The largest absolute Gasteiger partial charge is 0.497 e. The van der Waals surface area contributed by atoms with Gasteiger partial charge in [-0.25, -0.2) is 0 Å². The van der Waals surface area contributed by atoms with Gasteiger partial charge in [0, 0.05) is 17.6 Å². The third-order valence-electron chi connectivity index (χ3n) is 4.99. The number of methoxy groups -OCH3 is 1. The number of hydrogen-bond donors (Lipinski definition) is 2. The number of thioether (sulfide) groups is 1. The Balaban J connectivity index is 1.66. The molecule has 0 saturated carbocycles. The number of benzene rings is 2. The predicted molar refractivity (Wildman–Crippen MR) is 135 cm³/mol. The third kappa shape index (κ3) is 6.43. The average molecular weight is 522 g/mol. The minimum atomic E-state index is -0.374. The fraction of sp³-hybridized carbons (Fsp3) is 0.304. The summed E-state index contributed by atoms with van der Waals surface area (Å²) in [5.41, 5.74) is 0.958. The molecule has 2 amide bonds. The van der Waals surface area contributed by atoms with Crippen LogP contribution in [0.1, 0.15) is 36.1 Å². The Morgan fingerprint density at radius 2 is 1.82 bits per heavy atom. The van der Waals surface area contributed by atoms with Crippen LogP contribution in [0.15, 0.2) is 47.6 Å². The minimum Gasteiger partial charge on any atom is -0.497 e. The van der Waals surface area contributed by atoms with E-state index in [2.05, 4.69) is 20.8 Å². The van der Waals surface area contributed by atoms with E-state index in [1.54, 1.807) is 61.2 Å². The SMILES string of the molecule is COc1ccc(C(=O)N[C@H](c2nnc(SCC(=O)Nc3cc(Cl)ccc3Cl)n2C)C(C)C)cc1. The van der Waals surface area contributed by atoms with E-state index in [9.17, 15) is 9.59 Å². The number of nitrogens with one attached hydrogen (secondary N) is 2. The highest BCUT2D eigenvalue weighted by atomic mass is 35.5. The van der Waals surface area contributed by atoms with E-state index in [-0.39, 0.29) is 29.5 Å². The van der Waals surface area contributed by atoms with Gasteiger partial charge in [0.1, 0.15) is 5.75 Å². The van der Waals surface area contributed by atoms with Gasteiger partial charge in [-0.1, -0.05) is 48.8 Å². The molecule has 180 valence electrons. The van der Waals surface area contributed by atoms with Crippen LogP contribution in [0, 0.1) is 5.92 Å². The number of rotatable bonds is 9. The summed E-state index contributed by atoms with van der Waals surface area (Å²) in [6, 6.07) is 11.4. The molecule has 8 nitrogen and oxygen atoms in total. The normalized spacial score (nSPS) is 11.9. The van der Waals surface area contributed by atoms with E-state index in [1.165, 1.54) is 11.8 Å². The van der Waals surface area contributed by atoms with E-state index >= 15 is 0 Å². The number of anilines is 1. The molecule has 3 aromatic rings. The predicted octanol–water partition coefficient (Wildman–Crippen LogP) is 4.99. The highest BCUT2D eigenvalue weighted by molar-refractivity contribution is 7.99. The van der Waals surface area contributed by atoms with Crippen LogP contribution < -0.4 is 15.4 Å². The lowest BCUT2D eigenvalue weighted by Crippen LogP contribution is -2.33. The standard InChI is InChI=1S/C23H25Cl2N5O3S/c1-13(2)20(27-22(32)14-5-8-16(33-4)9-6-14)21-28-29-23(30(21)3)34-12-19(31)26-18-11-15(24)7-10-17(18)25/h5-11,13,20H,12H2,1-4H3,(H,26,31)(H,27,32)/t20-/m0/s1. The summed E-state index contributed by atoms with van der Waals surface area (Å²) >= 11 is 13.3. The van der Waals surface area contributed by atoms with Crippen molar-refractivity contribution in [1.82, 2.24) is 20.1 Å². The molecular formula is C23H25Cl2N5O3S. The third-order valence-corrected chi connectivity index (χ3v) is 6.57. The van der Waals surface area contributed by atoms with Gasteiger partial charge in [0.25, 0.3) is 5.91 Å². The molecule has 1 atom stereocenters. The molecule has 0 unspecified atom stereocenters. The summed E-state index contributed by atoms with van der Waals surface area (Å²) in [6.07, 6.45) is 0. The van der Waals surface area contributed by atoms with Crippen molar-refractivity contribution >= 4 is 52.5 Å². The topological polar surface area (TPSA) is 98.1 Å². The Kier molecular flexibility index (Phi) is 8.82. The van der Waals surface area contributed by atoms with Crippen LogP contribution in [0.5, 0.6) is 5.75 Å². The molecule has 0 radical (unpaired) electrons. The van der Waals surface area contributed by atoms with Gasteiger partial charge in [-0.2, -0.15) is 0 Å². The van der Waals surface area contributed by atoms with Crippen LogP contribution in [0.3, 0.4) is 0 Å². The molecule has 0 spiro atoms. The van der Waals surface area contributed by atoms with Crippen LogP contribution in [0.25, 0.3) is 0 Å². The van der Waals surface area contributed by atoms with Gasteiger partial charge in [-0.05, 0) is 48.4 Å². The van der Waals surface area contributed by atoms with Crippen molar-refractivity contribution in [3.8, 4) is 5.75 Å². The first-order chi connectivity index (χ1) is 16.2. The van der Waals surface area contributed by atoms with Crippen molar-refractivity contribution in [1.29, 1.82) is 0 Å². The Labute approximate surface area is 212 Å². The van der Waals surface area contributed by atoms with Crippen molar-refractivity contribution < 1.29 is 14.3 Å². The lowest BCUT2D eigenvalue weighted by atomic mass is 10.0. The highest BCUT2D eigenvalue weighted by Gasteiger charge is 2.25. The smallest absolute Gasteiger partial charge is 0.251 e. The lowest BCUT2D eigenvalue weighted by Gasteiger charge is -2.21. The van der Waals surface area contributed by atoms with Gasteiger partial charge < -0.3 is 19.9 Å². The Hall–Kier alpha value is -2.75. The van der Waals surface area contributed by atoms with Crippen molar-refractivity contribution in [2.24, 2.45) is 13.0 Å². The summed E-state index contributed by atoms with van der Waals surface area (Å²) in [6.45, 7) is 3.98. The van der Waals surface area contributed by atoms with E-state index in [1.807, 2.05) is 13.8 Å². The van der Waals surface area contributed by atoms with E-state index in [0.717, 1.165) is 0 Å². The number of ether oxygens (including phenoxy) is 1. The van der Waals surface area contributed by atoms with Crippen LogP contribution in [-0.2, 0) is 11.8 Å². The molecule has 0 aliphatic rings. The maximum absolute atomic E-state index is 12.8. The van der Waals surface area contributed by atoms with Gasteiger partial charge in [0.2, 0.25) is 5.91 Å². The quantitative estimate of drug-likeness (QED) is 0.385. The Bertz CT molecular complexity index is 1170. The molecule has 34 heavy (non-hydrogen) atoms. The number of halogens is 2. The molecule has 3 rings (SSSR count). The molecule has 0 bridgehead atoms. The second-order valence-electron chi connectivity index (χ2n) is 7.78. The molecule has 0 fully saturated rings. The fourth-order valence-corrected chi connectivity index (χ4v) is 4.18. The summed E-state index contributed by atoms with van der Waals surface area (Å²) < 4.78 is 6.92. The number of carbonyl (C=O) groups excluding carboxylic acids is 2. The maximum atomic E-state index is 12.8. The van der Waals surface area contributed by atoms with E-state index in [0.29, 0.717) is 38.0 Å². The summed E-state index contributed by atoms with van der Waals surface area (Å²) in [5, 5.41) is 15.7. The molecule has 1 aromatic heterocycles. The highest BCUT2D eigenvalue weighted by Crippen LogP contribution is 2.27. The number of nitrogens with zero attached hydrogens (tertiary/aromatic N) is 3. The van der Waals surface area contributed by atoms with Crippen LogP contribution in [0.2, 0.25) is 10.0 Å². The zero-order chi connectivity index (χ0) is 24.8. The number of amides is 2.